The maximum Gasteiger partial charge on any atom is 0.416 e. The summed E-state index contributed by atoms with van der Waals surface area (Å²) in [5, 5.41) is 3.46. The Kier molecular flexibility index (Phi) is 7.89. The Morgan fingerprint density at radius 2 is 1.47 bits per heavy atom. The molecule has 0 aliphatic carbocycles. The molecule has 0 fully saturated rings. The number of carbonyl (C=O) groups is 1. The third-order valence-corrected chi connectivity index (χ3v) is 6.43. The van der Waals surface area contributed by atoms with Crippen LogP contribution in [-0.4, -0.2) is 27.1 Å². The van der Waals surface area contributed by atoms with Crippen molar-refractivity contribution in [2.24, 2.45) is 0 Å². The van der Waals surface area contributed by atoms with Crippen molar-refractivity contribution in [3.05, 3.63) is 100 Å². The Labute approximate surface area is 201 Å². The van der Waals surface area contributed by atoms with Gasteiger partial charge in [0.1, 0.15) is 0 Å². The molecule has 0 unspecified atom stereocenters. The fraction of sp³-hybridized carbons (Fsp3) is 0.208. The fourth-order valence-electron chi connectivity index (χ4n) is 3.22. The second-order valence-electron chi connectivity index (χ2n) is 7.64. The molecule has 0 aliphatic rings. The highest BCUT2D eigenvalue weighted by Crippen LogP contribution is 2.31. The van der Waals surface area contributed by atoms with Crippen LogP contribution in [0.5, 0.6) is 0 Å². The highest BCUT2D eigenvalue weighted by molar-refractivity contribution is 7.92. The van der Waals surface area contributed by atoms with Crippen LogP contribution in [0.15, 0.2) is 72.8 Å². The van der Waals surface area contributed by atoms with Gasteiger partial charge in [0.05, 0.1) is 24.1 Å². The quantitative estimate of drug-likeness (QED) is 0.447. The number of alkyl halides is 3. The molecule has 1 N–H and O–H groups in total. The molecule has 3 aromatic carbocycles. The minimum Gasteiger partial charge on any atom is -0.352 e. The minimum absolute atomic E-state index is 0.0946. The maximum absolute atomic E-state index is 12.8. The normalized spacial score (nSPS) is 11.8. The first-order chi connectivity index (χ1) is 15.9. The van der Waals surface area contributed by atoms with Gasteiger partial charge >= 0.3 is 6.18 Å². The second-order valence-corrected chi connectivity index (χ2v) is 9.99. The number of hydrogen-bond acceptors (Lipinski definition) is 3. The number of hydrogen-bond donors (Lipinski definition) is 1. The van der Waals surface area contributed by atoms with Gasteiger partial charge in [-0.25, -0.2) is 8.42 Å². The summed E-state index contributed by atoms with van der Waals surface area (Å²) >= 11 is 5.86. The molecular formula is C24H22ClF3N2O3S. The highest BCUT2D eigenvalue weighted by Gasteiger charge is 2.30. The Morgan fingerprint density at radius 3 is 2.00 bits per heavy atom. The van der Waals surface area contributed by atoms with Crippen molar-refractivity contribution in [2.45, 2.75) is 19.1 Å². The molecule has 0 aromatic heterocycles. The molecule has 0 radical (unpaired) electrons. The molecule has 0 heterocycles. The van der Waals surface area contributed by atoms with E-state index >= 15 is 0 Å². The van der Waals surface area contributed by atoms with E-state index < -0.39 is 21.8 Å². The molecule has 10 heteroatoms. The smallest absolute Gasteiger partial charge is 0.352 e. The molecule has 0 saturated carbocycles. The van der Waals surface area contributed by atoms with E-state index in [-0.39, 0.29) is 18.1 Å². The van der Waals surface area contributed by atoms with Crippen molar-refractivity contribution < 1.29 is 26.4 Å². The van der Waals surface area contributed by atoms with Gasteiger partial charge in [0, 0.05) is 17.1 Å². The van der Waals surface area contributed by atoms with E-state index in [1.807, 2.05) is 12.1 Å². The van der Waals surface area contributed by atoms with Crippen LogP contribution in [0, 0.1) is 0 Å². The number of nitrogens with one attached hydrogen (secondary N) is 1. The van der Waals surface area contributed by atoms with Gasteiger partial charge in [-0.05, 0) is 66.1 Å². The standard InChI is InChI=1S/C24H22ClF3N2O3S/c1-34(32,33)30(22-12-8-20(9-13-22)24(26,27)28)16-18-2-6-19(7-3-18)23(31)29-15-14-17-4-10-21(25)11-5-17/h2-13H,14-16H2,1H3,(H,29,31). The van der Waals surface area contributed by atoms with Crippen LogP contribution in [0.3, 0.4) is 0 Å². The van der Waals surface area contributed by atoms with Gasteiger partial charge in [-0.2, -0.15) is 13.2 Å². The van der Waals surface area contributed by atoms with Crippen molar-refractivity contribution in [2.75, 3.05) is 17.1 Å². The molecule has 0 aliphatic heterocycles. The lowest BCUT2D eigenvalue weighted by molar-refractivity contribution is -0.137. The SMILES string of the molecule is CS(=O)(=O)N(Cc1ccc(C(=O)NCCc2ccc(Cl)cc2)cc1)c1ccc(C(F)(F)F)cc1. The largest absolute Gasteiger partial charge is 0.416 e. The Balaban J connectivity index is 1.65. The van der Waals surface area contributed by atoms with Gasteiger partial charge < -0.3 is 5.32 Å². The predicted octanol–water partition coefficient (Wildman–Crippen LogP) is 5.30. The number of halogens is 4. The Bertz CT molecular complexity index is 1230. The highest BCUT2D eigenvalue weighted by atomic mass is 35.5. The number of carbonyl (C=O) groups excluding carboxylic acids is 1. The minimum atomic E-state index is -4.51. The average molecular weight is 511 g/mol. The van der Waals surface area contributed by atoms with E-state index in [1.165, 1.54) is 0 Å². The van der Waals surface area contributed by atoms with Crippen molar-refractivity contribution in [3.63, 3.8) is 0 Å². The van der Waals surface area contributed by atoms with Gasteiger partial charge in [-0.1, -0.05) is 35.9 Å². The summed E-state index contributed by atoms with van der Waals surface area (Å²) in [6, 6.07) is 17.6. The lowest BCUT2D eigenvalue weighted by atomic mass is 10.1. The molecular weight excluding hydrogens is 489 g/mol. The van der Waals surface area contributed by atoms with Crippen LogP contribution in [-0.2, 0) is 29.2 Å². The summed E-state index contributed by atoms with van der Waals surface area (Å²) in [7, 11) is -3.77. The van der Waals surface area contributed by atoms with Crippen LogP contribution < -0.4 is 9.62 Å². The Morgan fingerprint density at radius 1 is 0.912 bits per heavy atom. The van der Waals surface area contributed by atoms with Crippen molar-refractivity contribution in [1.82, 2.24) is 5.32 Å². The molecule has 3 rings (SSSR count). The molecule has 0 saturated heterocycles. The summed E-state index contributed by atoms with van der Waals surface area (Å²) in [5.41, 5.74) is 1.25. The molecule has 5 nitrogen and oxygen atoms in total. The molecule has 0 atom stereocenters. The van der Waals surface area contributed by atoms with Gasteiger partial charge in [0.25, 0.3) is 5.91 Å². The summed E-state index contributed by atoms with van der Waals surface area (Å²) in [5.74, 6) is -0.275. The van der Waals surface area contributed by atoms with E-state index in [0.717, 1.165) is 40.4 Å². The zero-order valence-corrected chi connectivity index (χ0v) is 19.7. The summed E-state index contributed by atoms with van der Waals surface area (Å²) in [6.07, 6.45) is -2.90. The van der Waals surface area contributed by atoms with Gasteiger partial charge in [-0.3, -0.25) is 9.10 Å². The van der Waals surface area contributed by atoms with E-state index in [9.17, 15) is 26.4 Å². The second kappa shape index (κ2) is 10.5. The van der Waals surface area contributed by atoms with E-state index in [1.54, 1.807) is 36.4 Å². The maximum atomic E-state index is 12.8. The lowest BCUT2D eigenvalue weighted by Gasteiger charge is -2.23. The van der Waals surface area contributed by atoms with Crippen LogP contribution in [0.25, 0.3) is 0 Å². The number of amides is 1. The summed E-state index contributed by atoms with van der Waals surface area (Å²) in [6.45, 7) is 0.334. The van der Waals surface area contributed by atoms with Gasteiger partial charge in [-0.15, -0.1) is 0 Å². The van der Waals surface area contributed by atoms with Crippen LogP contribution in [0.2, 0.25) is 5.02 Å². The zero-order chi connectivity index (χ0) is 24.9. The monoisotopic (exact) mass is 510 g/mol. The van der Waals surface area contributed by atoms with Crippen LogP contribution in [0.4, 0.5) is 18.9 Å². The third-order valence-electron chi connectivity index (χ3n) is 5.04. The first-order valence-corrected chi connectivity index (χ1v) is 12.4. The molecule has 34 heavy (non-hydrogen) atoms. The van der Waals surface area contributed by atoms with Crippen molar-refractivity contribution in [1.29, 1.82) is 0 Å². The topological polar surface area (TPSA) is 66.5 Å². The lowest BCUT2D eigenvalue weighted by Crippen LogP contribution is -2.29. The van der Waals surface area contributed by atoms with Crippen LogP contribution in [0.1, 0.15) is 27.0 Å². The molecule has 180 valence electrons. The first kappa shape index (κ1) is 25.6. The summed E-state index contributed by atoms with van der Waals surface area (Å²) < 4.78 is 64.0. The number of nitrogens with zero attached hydrogens (tertiary/aromatic N) is 1. The van der Waals surface area contributed by atoms with E-state index in [0.29, 0.717) is 29.1 Å². The molecule has 0 bridgehead atoms. The van der Waals surface area contributed by atoms with E-state index in [4.69, 9.17) is 11.6 Å². The van der Waals surface area contributed by atoms with Crippen molar-refractivity contribution in [3.8, 4) is 0 Å². The van der Waals surface area contributed by atoms with Gasteiger partial charge in [0.15, 0.2) is 0 Å². The Hall–Kier alpha value is -3.04. The fourth-order valence-corrected chi connectivity index (χ4v) is 4.23. The van der Waals surface area contributed by atoms with Crippen LogP contribution >= 0.6 is 11.6 Å². The number of sulfonamides is 1. The number of anilines is 1. The third kappa shape index (κ3) is 6.98. The predicted molar refractivity (Wildman–Crippen MR) is 126 cm³/mol. The molecule has 0 spiro atoms. The summed E-state index contributed by atoms with van der Waals surface area (Å²) in [4.78, 5) is 12.4. The average Bonchev–Trinajstić information content (AvgIpc) is 2.78. The first-order valence-electron chi connectivity index (χ1n) is 10.2. The van der Waals surface area contributed by atoms with E-state index in [2.05, 4.69) is 5.32 Å². The molecule has 3 aromatic rings. The number of benzene rings is 3. The zero-order valence-electron chi connectivity index (χ0n) is 18.1. The number of rotatable bonds is 8. The van der Waals surface area contributed by atoms with Crippen molar-refractivity contribution >= 4 is 33.2 Å². The van der Waals surface area contributed by atoms with Gasteiger partial charge in [0.2, 0.25) is 10.0 Å². The molecule has 1 amide bonds.